The minimum Gasteiger partial charge on any atom is -0.409 e. The van der Waals surface area contributed by atoms with Gasteiger partial charge in [-0.2, -0.15) is 4.39 Å². The van der Waals surface area contributed by atoms with E-state index in [-0.39, 0.29) is 16.2 Å². The van der Waals surface area contributed by atoms with Crippen LogP contribution >= 0.6 is 0 Å². The standard InChI is InChI=1S/C21H39FN2O5Si2/c1-13-15(28-30(8,9)20(2,3)4)16(29-31(10,11)21(5,6)7)18(27-13)24-12-14(22)17(25)23-19(24)26/h12-13,15-16,18H,1-11H3,(H,23,25,26)/t13-,15-,16-,18-/m0/s1. The molecule has 0 aliphatic carbocycles. The first-order valence-electron chi connectivity index (χ1n) is 10.8. The van der Waals surface area contributed by atoms with Crippen LogP contribution in [0.5, 0.6) is 0 Å². The highest BCUT2D eigenvalue weighted by Gasteiger charge is 2.53. The molecule has 0 unspecified atom stereocenters. The summed E-state index contributed by atoms with van der Waals surface area (Å²) in [5, 5.41) is -0.126. The Hall–Kier alpha value is -1.08. The molecule has 10 heteroatoms. The Kier molecular flexibility index (Phi) is 7.06. The SMILES string of the molecule is C[C@@H]1O[C@H](n2cc(F)c(=O)[nH]c2=O)[C@@H](O[Si](C)(C)C(C)(C)C)[C@H]1O[Si](C)(C)C(C)(C)C. The average molecular weight is 475 g/mol. The lowest BCUT2D eigenvalue weighted by Crippen LogP contribution is -2.53. The average Bonchev–Trinajstić information content (AvgIpc) is 2.84. The zero-order valence-corrected chi connectivity index (χ0v) is 22.8. The van der Waals surface area contributed by atoms with Gasteiger partial charge in [-0.15, -0.1) is 0 Å². The highest BCUT2D eigenvalue weighted by molar-refractivity contribution is 6.74. The summed E-state index contributed by atoms with van der Waals surface area (Å²) in [5.41, 5.74) is -1.79. The third-order valence-electron chi connectivity index (χ3n) is 7.09. The second-order valence-corrected chi connectivity index (χ2v) is 21.1. The summed E-state index contributed by atoms with van der Waals surface area (Å²) in [5.74, 6) is -1.05. The summed E-state index contributed by atoms with van der Waals surface area (Å²) in [6.45, 7) is 23.3. The number of aromatic amines is 1. The van der Waals surface area contributed by atoms with Crippen molar-refractivity contribution in [3.05, 3.63) is 32.9 Å². The number of halogens is 1. The van der Waals surface area contributed by atoms with Crippen LogP contribution in [0, 0.1) is 5.82 Å². The lowest BCUT2D eigenvalue weighted by atomic mass is 10.1. The quantitative estimate of drug-likeness (QED) is 0.641. The number of nitrogens with zero attached hydrogens (tertiary/aromatic N) is 1. The number of ether oxygens (including phenoxy) is 1. The van der Waals surface area contributed by atoms with E-state index in [0.29, 0.717) is 0 Å². The van der Waals surface area contributed by atoms with Crippen LogP contribution in [0.4, 0.5) is 4.39 Å². The zero-order valence-electron chi connectivity index (χ0n) is 20.8. The molecule has 0 amide bonds. The highest BCUT2D eigenvalue weighted by atomic mass is 28.4. The van der Waals surface area contributed by atoms with Crippen LogP contribution in [0.25, 0.3) is 0 Å². The topological polar surface area (TPSA) is 82.6 Å². The third-order valence-corrected chi connectivity index (χ3v) is 16.0. The Morgan fingerprint density at radius 2 is 1.42 bits per heavy atom. The number of nitrogens with one attached hydrogen (secondary N) is 1. The molecule has 1 aromatic heterocycles. The van der Waals surface area contributed by atoms with Gasteiger partial charge in [-0.1, -0.05) is 41.5 Å². The molecule has 1 aromatic rings. The van der Waals surface area contributed by atoms with E-state index in [1.165, 1.54) is 0 Å². The van der Waals surface area contributed by atoms with E-state index in [1.54, 1.807) is 0 Å². The van der Waals surface area contributed by atoms with Crippen molar-refractivity contribution in [2.45, 2.75) is 109 Å². The molecular formula is C21H39FN2O5Si2. The van der Waals surface area contributed by atoms with Gasteiger partial charge in [-0.05, 0) is 43.2 Å². The fraction of sp³-hybridized carbons (Fsp3) is 0.810. The fourth-order valence-corrected chi connectivity index (χ4v) is 5.64. The van der Waals surface area contributed by atoms with E-state index in [9.17, 15) is 14.0 Å². The molecule has 1 fully saturated rings. The zero-order chi connectivity index (χ0) is 24.2. The number of aromatic nitrogens is 2. The minimum absolute atomic E-state index is 0.0345. The molecule has 1 aliphatic rings. The molecule has 4 atom stereocenters. The summed E-state index contributed by atoms with van der Waals surface area (Å²) in [4.78, 5) is 26.1. The van der Waals surface area contributed by atoms with Crippen molar-refractivity contribution in [2.24, 2.45) is 0 Å². The summed E-state index contributed by atoms with van der Waals surface area (Å²) in [7, 11) is -4.51. The van der Waals surface area contributed by atoms with E-state index in [0.717, 1.165) is 10.8 Å². The van der Waals surface area contributed by atoms with Crippen molar-refractivity contribution in [1.82, 2.24) is 9.55 Å². The molecule has 0 spiro atoms. The molecule has 2 rings (SSSR count). The van der Waals surface area contributed by atoms with Crippen LogP contribution in [0.3, 0.4) is 0 Å². The van der Waals surface area contributed by atoms with Crippen LogP contribution in [0.15, 0.2) is 15.8 Å². The Morgan fingerprint density at radius 3 is 1.87 bits per heavy atom. The number of H-pyrrole nitrogens is 1. The second-order valence-electron chi connectivity index (χ2n) is 11.6. The molecule has 1 aliphatic heterocycles. The molecule has 0 aromatic carbocycles. The monoisotopic (exact) mass is 474 g/mol. The molecule has 0 radical (unpaired) electrons. The normalized spacial score (nSPS) is 25.8. The maximum absolute atomic E-state index is 14.1. The number of hydrogen-bond donors (Lipinski definition) is 1. The van der Waals surface area contributed by atoms with E-state index in [1.807, 2.05) is 11.9 Å². The van der Waals surface area contributed by atoms with Gasteiger partial charge >= 0.3 is 5.69 Å². The molecule has 7 nitrogen and oxygen atoms in total. The van der Waals surface area contributed by atoms with Crippen molar-refractivity contribution >= 4 is 16.6 Å². The molecular weight excluding hydrogens is 435 g/mol. The van der Waals surface area contributed by atoms with Gasteiger partial charge in [0.05, 0.1) is 12.3 Å². The first-order valence-corrected chi connectivity index (χ1v) is 16.6. The van der Waals surface area contributed by atoms with E-state index < -0.39 is 52.1 Å². The van der Waals surface area contributed by atoms with Crippen LogP contribution in [-0.2, 0) is 13.6 Å². The van der Waals surface area contributed by atoms with Crippen molar-refractivity contribution in [1.29, 1.82) is 0 Å². The first-order chi connectivity index (χ1) is 13.8. The van der Waals surface area contributed by atoms with Crippen LogP contribution in [0.1, 0.15) is 54.7 Å². The molecule has 2 heterocycles. The Balaban J connectivity index is 2.57. The van der Waals surface area contributed by atoms with Crippen molar-refractivity contribution in [3.8, 4) is 0 Å². The van der Waals surface area contributed by atoms with Crippen molar-refractivity contribution < 1.29 is 18.0 Å². The van der Waals surface area contributed by atoms with Gasteiger partial charge in [0.15, 0.2) is 22.9 Å². The molecule has 31 heavy (non-hydrogen) atoms. The lowest BCUT2D eigenvalue weighted by molar-refractivity contribution is -0.0317. The summed E-state index contributed by atoms with van der Waals surface area (Å²) in [6.07, 6.45) is -1.43. The second kappa shape index (κ2) is 8.37. The van der Waals surface area contributed by atoms with E-state index in [2.05, 4.69) is 67.7 Å². The van der Waals surface area contributed by atoms with Gasteiger partial charge in [0.25, 0.3) is 5.56 Å². The van der Waals surface area contributed by atoms with Gasteiger partial charge in [0.2, 0.25) is 5.82 Å². The highest BCUT2D eigenvalue weighted by Crippen LogP contribution is 2.45. The van der Waals surface area contributed by atoms with Crippen molar-refractivity contribution in [3.63, 3.8) is 0 Å². The molecule has 0 saturated carbocycles. The molecule has 1 saturated heterocycles. The maximum atomic E-state index is 14.1. The van der Waals surface area contributed by atoms with Crippen LogP contribution in [0.2, 0.25) is 36.3 Å². The molecule has 178 valence electrons. The minimum atomic E-state index is -2.30. The van der Waals surface area contributed by atoms with Gasteiger partial charge < -0.3 is 13.6 Å². The maximum Gasteiger partial charge on any atom is 0.330 e. The van der Waals surface area contributed by atoms with E-state index >= 15 is 0 Å². The van der Waals surface area contributed by atoms with Crippen molar-refractivity contribution in [2.75, 3.05) is 0 Å². The predicted molar refractivity (Wildman–Crippen MR) is 125 cm³/mol. The lowest BCUT2D eigenvalue weighted by Gasteiger charge is -2.44. The Bertz CT molecular complexity index is 914. The first kappa shape index (κ1) is 26.2. The Labute approximate surface area is 186 Å². The van der Waals surface area contributed by atoms with Gasteiger partial charge in [0.1, 0.15) is 12.2 Å². The molecule has 0 bridgehead atoms. The van der Waals surface area contributed by atoms with Crippen LogP contribution in [-0.4, -0.2) is 44.5 Å². The third kappa shape index (κ3) is 5.30. The summed E-state index contributed by atoms with van der Waals surface area (Å²) < 4.78 is 34.7. The van der Waals surface area contributed by atoms with Crippen LogP contribution < -0.4 is 11.2 Å². The largest absolute Gasteiger partial charge is 0.409 e. The van der Waals surface area contributed by atoms with Gasteiger partial charge in [0, 0.05) is 0 Å². The molecule has 1 N–H and O–H groups in total. The van der Waals surface area contributed by atoms with Gasteiger partial charge in [-0.25, -0.2) is 4.79 Å². The summed E-state index contributed by atoms with van der Waals surface area (Å²) >= 11 is 0. The number of rotatable bonds is 5. The smallest absolute Gasteiger partial charge is 0.330 e. The van der Waals surface area contributed by atoms with Gasteiger partial charge in [-0.3, -0.25) is 14.3 Å². The predicted octanol–water partition coefficient (Wildman–Crippen LogP) is 4.37. The Morgan fingerprint density at radius 1 is 0.968 bits per heavy atom. The fourth-order valence-electron chi connectivity index (χ4n) is 3.00. The van der Waals surface area contributed by atoms with E-state index in [4.69, 9.17) is 13.6 Å². The summed E-state index contributed by atoms with van der Waals surface area (Å²) in [6, 6.07) is 0. The number of hydrogen-bond acceptors (Lipinski definition) is 5.